The van der Waals surface area contributed by atoms with Crippen molar-refractivity contribution in [3.63, 3.8) is 0 Å². The van der Waals surface area contributed by atoms with Gasteiger partial charge in [0.15, 0.2) is 5.11 Å². The molecule has 1 atom stereocenters. The molecule has 170 valence electrons. The first kappa shape index (κ1) is 22.0. The summed E-state index contributed by atoms with van der Waals surface area (Å²) in [5, 5.41) is 8.18. The Hall–Kier alpha value is -3.84. The minimum atomic E-state index is -0.374. The molecule has 0 spiro atoms. The second-order valence-corrected chi connectivity index (χ2v) is 8.78. The standard InChI is InChI=1S/C27H23FN4OS/c1-16-4-8-20(9-5-16)25-30-26(33-31-25)23-18(3)32(22-14-6-17(2)7-15-22)27(34)29-24(23)19-10-12-21(28)13-11-19/h4-15,24H,1-3H3,(H,29,34). The number of aryl methyl sites for hydroxylation is 2. The molecule has 5 rings (SSSR count). The number of nitrogens with zero attached hydrogens (tertiary/aromatic N) is 3. The largest absolute Gasteiger partial charge is 0.351 e. The molecule has 0 amide bonds. The molecule has 1 N–H and O–H groups in total. The summed E-state index contributed by atoms with van der Waals surface area (Å²) in [6.07, 6.45) is 0. The highest BCUT2D eigenvalue weighted by Crippen LogP contribution is 2.39. The molecular formula is C27H23FN4OS. The van der Waals surface area contributed by atoms with Crippen LogP contribution < -0.4 is 10.2 Å². The Labute approximate surface area is 202 Å². The predicted molar refractivity (Wildman–Crippen MR) is 136 cm³/mol. The van der Waals surface area contributed by atoms with Gasteiger partial charge in [-0.2, -0.15) is 4.98 Å². The highest BCUT2D eigenvalue weighted by molar-refractivity contribution is 7.80. The van der Waals surface area contributed by atoms with Crippen LogP contribution in [-0.4, -0.2) is 15.3 Å². The van der Waals surface area contributed by atoms with E-state index < -0.39 is 0 Å². The van der Waals surface area contributed by atoms with E-state index >= 15 is 0 Å². The lowest BCUT2D eigenvalue weighted by atomic mass is 9.94. The third-order valence-electron chi connectivity index (χ3n) is 5.95. The van der Waals surface area contributed by atoms with Gasteiger partial charge in [0, 0.05) is 16.9 Å². The van der Waals surface area contributed by atoms with Crippen LogP contribution in [0.1, 0.15) is 35.5 Å². The van der Waals surface area contributed by atoms with E-state index in [1.54, 1.807) is 12.1 Å². The number of anilines is 1. The molecule has 34 heavy (non-hydrogen) atoms. The number of aromatic nitrogens is 2. The summed E-state index contributed by atoms with van der Waals surface area (Å²) < 4.78 is 19.4. The first-order chi connectivity index (χ1) is 16.4. The number of allylic oxidation sites excluding steroid dienone is 1. The van der Waals surface area contributed by atoms with Crippen molar-refractivity contribution in [3.8, 4) is 11.4 Å². The second kappa shape index (κ2) is 8.83. The van der Waals surface area contributed by atoms with E-state index in [1.807, 2.05) is 74.2 Å². The Morgan fingerprint density at radius 1 is 0.882 bits per heavy atom. The van der Waals surface area contributed by atoms with Crippen molar-refractivity contribution in [2.75, 3.05) is 4.90 Å². The first-order valence-electron chi connectivity index (χ1n) is 11.0. The second-order valence-electron chi connectivity index (χ2n) is 8.39. The van der Waals surface area contributed by atoms with Gasteiger partial charge >= 0.3 is 0 Å². The maximum atomic E-state index is 13.7. The maximum Gasteiger partial charge on any atom is 0.258 e. The van der Waals surface area contributed by atoms with Gasteiger partial charge in [0.25, 0.3) is 5.89 Å². The predicted octanol–water partition coefficient (Wildman–Crippen LogP) is 6.36. The van der Waals surface area contributed by atoms with Crippen LogP contribution in [0.5, 0.6) is 0 Å². The maximum absolute atomic E-state index is 13.7. The molecule has 5 nitrogen and oxygen atoms in total. The lowest BCUT2D eigenvalue weighted by Gasteiger charge is -2.37. The van der Waals surface area contributed by atoms with Crippen molar-refractivity contribution in [1.29, 1.82) is 0 Å². The highest BCUT2D eigenvalue weighted by Gasteiger charge is 2.34. The molecule has 2 heterocycles. The van der Waals surface area contributed by atoms with E-state index in [1.165, 1.54) is 12.1 Å². The summed E-state index contributed by atoms with van der Waals surface area (Å²) in [6.45, 7) is 6.05. The van der Waals surface area contributed by atoms with Crippen LogP contribution in [-0.2, 0) is 0 Å². The molecule has 4 aromatic rings. The third kappa shape index (κ3) is 4.10. The van der Waals surface area contributed by atoms with E-state index in [4.69, 9.17) is 21.7 Å². The molecule has 0 fully saturated rings. The molecule has 0 radical (unpaired) electrons. The van der Waals surface area contributed by atoms with Gasteiger partial charge in [-0.1, -0.05) is 64.8 Å². The van der Waals surface area contributed by atoms with Crippen molar-refractivity contribution in [2.45, 2.75) is 26.8 Å². The van der Waals surface area contributed by atoms with Crippen LogP contribution in [0.3, 0.4) is 0 Å². The van der Waals surface area contributed by atoms with Crippen LogP contribution in [0.2, 0.25) is 0 Å². The van der Waals surface area contributed by atoms with E-state index in [0.717, 1.165) is 39.2 Å². The quantitative estimate of drug-likeness (QED) is 0.350. The summed E-state index contributed by atoms with van der Waals surface area (Å²) in [5.74, 6) is 0.586. The number of hydrogen-bond acceptors (Lipinski definition) is 4. The van der Waals surface area contributed by atoms with Crippen molar-refractivity contribution < 1.29 is 8.91 Å². The van der Waals surface area contributed by atoms with Crippen LogP contribution in [0.25, 0.3) is 17.0 Å². The monoisotopic (exact) mass is 470 g/mol. The van der Waals surface area contributed by atoms with Gasteiger partial charge in [-0.05, 0) is 62.8 Å². The molecule has 0 saturated heterocycles. The van der Waals surface area contributed by atoms with Gasteiger partial charge < -0.3 is 9.84 Å². The summed E-state index contributed by atoms with van der Waals surface area (Å²) in [5.41, 5.74) is 6.59. The van der Waals surface area contributed by atoms with Crippen molar-refractivity contribution >= 4 is 28.6 Å². The Balaban J connectivity index is 1.64. The van der Waals surface area contributed by atoms with Gasteiger partial charge in [-0.15, -0.1) is 0 Å². The van der Waals surface area contributed by atoms with E-state index in [9.17, 15) is 4.39 Å². The molecule has 3 aromatic carbocycles. The molecule has 0 aliphatic carbocycles. The zero-order valence-electron chi connectivity index (χ0n) is 19.0. The minimum absolute atomic E-state index is 0.301. The Morgan fingerprint density at radius 3 is 2.15 bits per heavy atom. The summed E-state index contributed by atoms with van der Waals surface area (Å²) in [6, 6.07) is 22.1. The normalized spacial score (nSPS) is 16.1. The molecule has 0 bridgehead atoms. The molecule has 1 unspecified atom stereocenters. The highest BCUT2D eigenvalue weighted by atomic mass is 32.1. The van der Waals surface area contributed by atoms with Crippen LogP contribution in [0, 0.1) is 19.7 Å². The third-order valence-corrected chi connectivity index (χ3v) is 6.25. The van der Waals surface area contributed by atoms with Gasteiger partial charge in [-0.3, -0.25) is 4.90 Å². The average molecular weight is 471 g/mol. The summed E-state index contributed by atoms with van der Waals surface area (Å²) >= 11 is 5.76. The van der Waals surface area contributed by atoms with Gasteiger partial charge in [0.2, 0.25) is 5.82 Å². The van der Waals surface area contributed by atoms with Gasteiger partial charge in [0.1, 0.15) is 5.82 Å². The van der Waals surface area contributed by atoms with Crippen molar-refractivity contribution in [2.24, 2.45) is 0 Å². The Bertz CT molecular complexity index is 1380. The topological polar surface area (TPSA) is 54.2 Å². The Morgan fingerprint density at radius 2 is 1.50 bits per heavy atom. The van der Waals surface area contributed by atoms with Crippen LogP contribution >= 0.6 is 12.2 Å². The smallest absolute Gasteiger partial charge is 0.258 e. The lowest BCUT2D eigenvalue weighted by Crippen LogP contribution is -2.46. The van der Waals surface area contributed by atoms with Crippen LogP contribution in [0.4, 0.5) is 10.1 Å². The SMILES string of the molecule is CC1=C(c2nc(-c3ccc(C)cc3)no2)C(c2ccc(F)cc2)NC(=S)N1c1ccc(C)cc1. The molecule has 7 heteroatoms. The van der Waals surface area contributed by atoms with E-state index in [2.05, 4.69) is 10.5 Å². The fourth-order valence-electron chi connectivity index (χ4n) is 4.08. The van der Waals surface area contributed by atoms with E-state index in [0.29, 0.717) is 16.8 Å². The van der Waals surface area contributed by atoms with Gasteiger partial charge in [0.05, 0.1) is 11.6 Å². The number of rotatable bonds is 4. The van der Waals surface area contributed by atoms with Gasteiger partial charge in [-0.25, -0.2) is 4.39 Å². The average Bonchev–Trinajstić information content (AvgIpc) is 3.30. The van der Waals surface area contributed by atoms with Crippen molar-refractivity contribution in [3.05, 3.63) is 107 Å². The number of thiocarbonyl (C=S) groups is 1. The zero-order chi connectivity index (χ0) is 23.8. The number of benzene rings is 3. The van der Waals surface area contributed by atoms with Crippen molar-refractivity contribution in [1.82, 2.24) is 15.5 Å². The molecule has 1 aliphatic rings. The van der Waals surface area contributed by atoms with Crippen LogP contribution in [0.15, 0.2) is 83.0 Å². The number of hydrogen-bond donors (Lipinski definition) is 1. The fraction of sp³-hybridized carbons (Fsp3) is 0.148. The number of halogens is 1. The van der Waals surface area contributed by atoms with E-state index in [-0.39, 0.29) is 11.9 Å². The summed E-state index contributed by atoms with van der Waals surface area (Å²) in [7, 11) is 0. The summed E-state index contributed by atoms with van der Waals surface area (Å²) in [4.78, 5) is 6.68. The molecule has 1 aromatic heterocycles. The lowest BCUT2D eigenvalue weighted by molar-refractivity contribution is 0.404. The first-order valence-corrected chi connectivity index (χ1v) is 11.4. The molecule has 1 aliphatic heterocycles. The number of nitrogens with one attached hydrogen (secondary N) is 1. The minimum Gasteiger partial charge on any atom is -0.351 e. The molecular weight excluding hydrogens is 447 g/mol. The Kier molecular flexibility index (Phi) is 5.71. The molecule has 0 saturated carbocycles. The fourth-order valence-corrected chi connectivity index (χ4v) is 4.44. The zero-order valence-corrected chi connectivity index (χ0v) is 19.9.